The molecule has 0 saturated carbocycles. The summed E-state index contributed by atoms with van der Waals surface area (Å²) < 4.78 is 0. The zero-order valence-electron chi connectivity index (χ0n) is 7.24. The lowest BCUT2D eigenvalue weighted by Crippen LogP contribution is -2.15. The topological polar surface area (TPSA) is 68.0 Å². The molecule has 0 unspecified atom stereocenters. The number of halogens is 1. The molecule has 0 aliphatic rings. The standard InChI is InChI=1S/C7H11N3OS.ClH/c1-5-4-12-7(9-5)10-6(11)2-3-8;/h4H,2-3,8H2,1H3,(H,9,10,11);1H. The van der Waals surface area contributed by atoms with Crippen molar-refractivity contribution in [3.63, 3.8) is 0 Å². The van der Waals surface area contributed by atoms with Gasteiger partial charge >= 0.3 is 0 Å². The summed E-state index contributed by atoms with van der Waals surface area (Å²) in [5.41, 5.74) is 6.13. The number of carbonyl (C=O) groups is 1. The van der Waals surface area contributed by atoms with Crippen LogP contribution in [-0.2, 0) is 4.79 Å². The molecule has 0 bridgehead atoms. The lowest BCUT2D eigenvalue weighted by molar-refractivity contribution is -0.116. The first-order valence-electron chi connectivity index (χ1n) is 3.64. The maximum Gasteiger partial charge on any atom is 0.227 e. The number of thiazole rings is 1. The van der Waals surface area contributed by atoms with Crippen LogP contribution in [0.5, 0.6) is 0 Å². The molecule has 1 aromatic heterocycles. The zero-order chi connectivity index (χ0) is 8.97. The predicted molar refractivity (Wildman–Crippen MR) is 56.4 cm³/mol. The first-order chi connectivity index (χ1) is 5.72. The highest BCUT2D eigenvalue weighted by atomic mass is 35.5. The van der Waals surface area contributed by atoms with Crippen molar-refractivity contribution in [1.29, 1.82) is 0 Å². The molecule has 1 rings (SSSR count). The van der Waals surface area contributed by atoms with E-state index in [0.29, 0.717) is 18.1 Å². The van der Waals surface area contributed by atoms with Crippen LogP contribution in [0.3, 0.4) is 0 Å². The van der Waals surface area contributed by atoms with Gasteiger partial charge in [0.15, 0.2) is 5.13 Å². The summed E-state index contributed by atoms with van der Waals surface area (Å²) in [7, 11) is 0. The van der Waals surface area contributed by atoms with Gasteiger partial charge in [0.05, 0.1) is 5.69 Å². The van der Waals surface area contributed by atoms with Gasteiger partial charge in [-0.05, 0) is 6.92 Å². The molecule has 0 saturated heterocycles. The molecule has 0 aliphatic heterocycles. The number of hydrogen-bond acceptors (Lipinski definition) is 4. The van der Waals surface area contributed by atoms with Crippen molar-refractivity contribution in [2.45, 2.75) is 13.3 Å². The molecule has 0 aromatic carbocycles. The third-order valence-electron chi connectivity index (χ3n) is 1.24. The minimum absolute atomic E-state index is 0. The maximum absolute atomic E-state index is 11.0. The highest BCUT2D eigenvalue weighted by Crippen LogP contribution is 2.14. The van der Waals surface area contributed by atoms with Gasteiger partial charge in [-0.2, -0.15) is 0 Å². The van der Waals surface area contributed by atoms with Crippen molar-refractivity contribution >= 4 is 34.8 Å². The molecule has 1 aromatic rings. The Morgan fingerprint density at radius 1 is 1.77 bits per heavy atom. The predicted octanol–water partition coefficient (Wildman–Crippen LogP) is 1.16. The van der Waals surface area contributed by atoms with Gasteiger partial charge in [0.2, 0.25) is 5.91 Å². The Kier molecular flexibility index (Phi) is 5.61. The van der Waals surface area contributed by atoms with Crippen LogP contribution < -0.4 is 11.1 Å². The number of aryl methyl sites for hydroxylation is 1. The fourth-order valence-electron chi connectivity index (χ4n) is 0.724. The summed E-state index contributed by atoms with van der Waals surface area (Å²) in [6, 6.07) is 0. The Balaban J connectivity index is 0.00000144. The van der Waals surface area contributed by atoms with Crippen molar-refractivity contribution in [3.8, 4) is 0 Å². The van der Waals surface area contributed by atoms with E-state index in [1.54, 1.807) is 0 Å². The van der Waals surface area contributed by atoms with Crippen LogP contribution in [0.15, 0.2) is 5.38 Å². The van der Waals surface area contributed by atoms with Crippen LogP contribution in [0, 0.1) is 6.92 Å². The second kappa shape index (κ2) is 5.90. The van der Waals surface area contributed by atoms with Gasteiger partial charge in [-0.25, -0.2) is 4.98 Å². The van der Waals surface area contributed by atoms with Crippen molar-refractivity contribution in [1.82, 2.24) is 4.98 Å². The van der Waals surface area contributed by atoms with E-state index in [1.807, 2.05) is 12.3 Å². The summed E-state index contributed by atoms with van der Waals surface area (Å²) in [4.78, 5) is 15.1. The molecule has 0 atom stereocenters. The number of nitrogens with zero attached hydrogens (tertiary/aromatic N) is 1. The Hall–Kier alpha value is -0.650. The minimum atomic E-state index is -0.0770. The van der Waals surface area contributed by atoms with E-state index in [1.165, 1.54) is 11.3 Å². The van der Waals surface area contributed by atoms with E-state index < -0.39 is 0 Å². The summed E-state index contributed by atoms with van der Waals surface area (Å²) in [5, 5.41) is 5.18. The number of rotatable bonds is 3. The molecule has 0 aliphatic carbocycles. The maximum atomic E-state index is 11.0. The molecule has 1 heterocycles. The van der Waals surface area contributed by atoms with Crippen LogP contribution in [0.4, 0.5) is 5.13 Å². The second-order valence-corrected chi connectivity index (χ2v) is 3.24. The fraction of sp³-hybridized carbons (Fsp3) is 0.429. The van der Waals surface area contributed by atoms with E-state index in [-0.39, 0.29) is 18.3 Å². The first kappa shape index (κ1) is 12.3. The van der Waals surface area contributed by atoms with E-state index in [2.05, 4.69) is 10.3 Å². The number of nitrogens with two attached hydrogens (primary N) is 1. The molecule has 4 nitrogen and oxygen atoms in total. The molecule has 0 radical (unpaired) electrons. The third-order valence-corrected chi connectivity index (χ3v) is 2.11. The summed E-state index contributed by atoms with van der Waals surface area (Å²) >= 11 is 1.42. The first-order valence-corrected chi connectivity index (χ1v) is 4.52. The SMILES string of the molecule is Cc1csc(NC(=O)CCN)n1.Cl. The number of aromatic nitrogens is 1. The smallest absolute Gasteiger partial charge is 0.227 e. The van der Waals surface area contributed by atoms with Gasteiger partial charge in [0.25, 0.3) is 0 Å². The third kappa shape index (κ3) is 4.21. The highest BCUT2D eigenvalue weighted by molar-refractivity contribution is 7.13. The molecule has 1 amide bonds. The van der Waals surface area contributed by atoms with E-state index in [4.69, 9.17) is 5.73 Å². The largest absolute Gasteiger partial charge is 0.330 e. The minimum Gasteiger partial charge on any atom is -0.330 e. The molecule has 13 heavy (non-hydrogen) atoms. The van der Waals surface area contributed by atoms with Gasteiger partial charge in [-0.15, -0.1) is 23.7 Å². The monoisotopic (exact) mass is 221 g/mol. The Morgan fingerprint density at radius 2 is 2.46 bits per heavy atom. The number of anilines is 1. The molecule has 0 fully saturated rings. The molecule has 3 N–H and O–H groups in total. The van der Waals surface area contributed by atoms with Gasteiger partial charge < -0.3 is 11.1 Å². The average Bonchev–Trinajstić information content (AvgIpc) is 2.36. The van der Waals surface area contributed by atoms with Crippen LogP contribution in [-0.4, -0.2) is 17.4 Å². The molecular formula is C7H12ClN3OS. The van der Waals surface area contributed by atoms with E-state index in [0.717, 1.165) is 5.69 Å². The average molecular weight is 222 g/mol. The van der Waals surface area contributed by atoms with Gasteiger partial charge in [0, 0.05) is 18.3 Å². The highest BCUT2D eigenvalue weighted by Gasteiger charge is 2.02. The molecule has 6 heteroatoms. The van der Waals surface area contributed by atoms with Crippen molar-refractivity contribution in [2.24, 2.45) is 5.73 Å². The van der Waals surface area contributed by atoms with E-state index in [9.17, 15) is 4.79 Å². The summed E-state index contributed by atoms with van der Waals surface area (Å²) in [5.74, 6) is -0.0770. The molecule has 0 spiro atoms. The lowest BCUT2D eigenvalue weighted by atomic mass is 10.4. The van der Waals surface area contributed by atoms with Gasteiger partial charge in [-0.1, -0.05) is 0 Å². The van der Waals surface area contributed by atoms with Crippen LogP contribution >= 0.6 is 23.7 Å². The number of carbonyl (C=O) groups excluding carboxylic acids is 1. The zero-order valence-corrected chi connectivity index (χ0v) is 8.87. The van der Waals surface area contributed by atoms with Crippen molar-refractivity contribution < 1.29 is 4.79 Å². The van der Waals surface area contributed by atoms with Gasteiger partial charge in [-0.3, -0.25) is 4.79 Å². The lowest BCUT2D eigenvalue weighted by Gasteiger charge is -1.97. The van der Waals surface area contributed by atoms with E-state index >= 15 is 0 Å². The quantitative estimate of drug-likeness (QED) is 0.805. The van der Waals surface area contributed by atoms with Crippen LogP contribution in [0.25, 0.3) is 0 Å². The van der Waals surface area contributed by atoms with Crippen LogP contribution in [0.2, 0.25) is 0 Å². The molecule has 74 valence electrons. The Bertz CT molecular complexity index is 276. The fourth-order valence-corrected chi connectivity index (χ4v) is 1.43. The molecular weight excluding hydrogens is 210 g/mol. The summed E-state index contributed by atoms with van der Waals surface area (Å²) in [6.07, 6.45) is 0.346. The number of nitrogens with one attached hydrogen (secondary N) is 1. The second-order valence-electron chi connectivity index (χ2n) is 2.38. The Morgan fingerprint density at radius 3 is 2.92 bits per heavy atom. The number of amides is 1. The van der Waals surface area contributed by atoms with Gasteiger partial charge in [0.1, 0.15) is 0 Å². The van der Waals surface area contributed by atoms with Crippen molar-refractivity contribution in [2.75, 3.05) is 11.9 Å². The van der Waals surface area contributed by atoms with Crippen molar-refractivity contribution in [3.05, 3.63) is 11.1 Å². The normalized spacial score (nSPS) is 9.08. The van der Waals surface area contributed by atoms with Crippen LogP contribution in [0.1, 0.15) is 12.1 Å². The number of hydrogen-bond donors (Lipinski definition) is 2. The Labute approximate surface area is 87.0 Å². The summed E-state index contributed by atoms with van der Waals surface area (Å²) in [6.45, 7) is 2.26.